The molecule has 2 atom stereocenters. The molecule has 15 heavy (non-hydrogen) atoms. The van der Waals surface area contributed by atoms with Crippen LogP contribution < -0.4 is 0 Å². The number of carbonyl (C=O) groups excluding carboxylic acids is 1. The summed E-state index contributed by atoms with van der Waals surface area (Å²) in [5, 5.41) is 8.89. The van der Waals surface area contributed by atoms with Gasteiger partial charge in [0.2, 0.25) is 0 Å². The van der Waals surface area contributed by atoms with Gasteiger partial charge in [-0.1, -0.05) is 0 Å². The van der Waals surface area contributed by atoms with Crippen molar-refractivity contribution in [2.75, 3.05) is 39.8 Å². The third-order valence-corrected chi connectivity index (χ3v) is 3.12. The SMILES string of the molecule is CN1CCC(CN2C[C@H](CO)OC2=O)C1. The van der Waals surface area contributed by atoms with E-state index in [1.165, 1.54) is 0 Å². The number of likely N-dealkylation sites (tertiary alicyclic amines) is 1. The lowest BCUT2D eigenvalue weighted by Crippen LogP contribution is -2.32. The van der Waals surface area contributed by atoms with Crippen molar-refractivity contribution < 1.29 is 14.6 Å². The number of aliphatic hydroxyl groups is 1. The largest absolute Gasteiger partial charge is 0.442 e. The molecule has 0 aliphatic carbocycles. The van der Waals surface area contributed by atoms with Crippen LogP contribution >= 0.6 is 0 Å². The molecule has 0 spiro atoms. The molecule has 5 nitrogen and oxygen atoms in total. The molecule has 5 heteroatoms. The topological polar surface area (TPSA) is 53.0 Å². The zero-order chi connectivity index (χ0) is 10.8. The van der Waals surface area contributed by atoms with Crippen LogP contribution in [0.3, 0.4) is 0 Å². The molecular weight excluding hydrogens is 196 g/mol. The van der Waals surface area contributed by atoms with E-state index in [0.29, 0.717) is 12.5 Å². The standard InChI is InChI=1S/C10H18N2O3/c1-11-3-2-8(4-11)5-12-6-9(7-13)15-10(12)14/h8-9,13H,2-7H2,1H3/t8?,9-/m1/s1. The van der Waals surface area contributed by atoms with Crippen molar-refractivity contribution in [2.24, 2.45) is 5.92 Å². The quantitative estimate of drug-likeness (QED) is 0.704. The fourth-order valence-corrected chi connectivity index (χ4v) is 2.31. The summed E-state index contributed by atoms with van der Waals surface area (Å²) in [6.45, 7) is 3.38. The molecule has 2 aliphatic rings. The molecule has 0 bridgehead atoms. The highest BCUT2D eigenvalue weighted by Gasteiger charge is 2.33. The maximum atomic E-state index is 11.4. The molecule has 0 radical (unpaired) electrons. The number of hydrogen-bond acceptors (Lipinski definition) is 4. The highest BCUT2D eigenvalue weighted by molar-refractivity contribution is 5.69. The van der Waals surface area contributed by atoms with Gasteiger partial charge in [-0.05, 0) is 25.9 Å². The summed E-state index contributed by atoms with van der Waals surface area (Å²) in [7, 11) is 2.10. The first-order valence-electron chi connectivity index (χ1n) is 5.44. The van der Waals surface area contributed by atoms with Crippen LogP contribution in [-0.4, -0.2) is 66.9 Å². The normalized spacial score (nSPS) is 32.4. The number of hydrogen-bond donors (Lipinski definition) is 1. The number of ether oxygens (including phenoxy) is 1. The van der Waals surface area contributed by atoms with Gasteiger partial charge in [0.15, 0.2) is 0 Å². The number of aliphatic hydroxyl groups excluding tert-OH is 1. The molecule has 0 saturated carbocycles. The number of cyclic esters (lactones) is 1. The lowest BCUT2D eigenvalue weighted by atomic mass is 10.1. The summed E-state index contributed by atoms with van der Waals surface area (Å²) >= 11 is 0. The van der Waals surface area contributed by atoms with Gasteiger partial charge in [0.1, 0.15) is 6.10 Å². The fraction of sp³-hybridized carbons (Fsp3) is 0.900. The van der Waals surface area contributed by atoms with Crippen LogP contribution in [0.15, 0.2) is 0 Å². The van der Waals surface area contributed by atoms with Crippen LogP contribution in [0.5, 0.6) is 0 Å². The van der Waals surface area contributed by atoms with E-state index >= 15 is 0 Å². The van der Waals surface area contributed by atoms with Gasteiger partial charge in [0.25, 0.3) is 0 Å². The van der Waals surface area contributed by atoms with Crippen LogP contribution in [0.1, 0.15) is 6.42 Å². The molecule has 1 N–H and O–H groups in total. The number of nitrogens with zero attached hydrogens (tertiary/aromatic N) is 2. The molecule has 0 aromatic heterocycles. The van der Waals surface area contributed by atoms with Crippen molar-refractivity contribution in [3.63, 3.8) is 0 Å². The second-order valence-corrected chi connectivity index (χ2v) is 4.51. The van der Waals surface area contributed by atoms with Crippen molar-refractivity contribution in [3.8, 4) is 0 Å². The number of rotatable bonds is 3. The predicted molar refractivity (Wildman–Crippen MR) is 54.5 cm³/mol. The third-order valence-electron chi connectivity index (χ3n) is 3.12. The van der Waals surface area contributed by atoms with E-state index < -0.39 is 0 Å². The maximum absolute atomic E-state index is 11.4. The summed E-state index contributed by atoms with van der Waals surface area (Å²) in [5.41, 5.74) is 0. The van der Waals surface area contributed by atoms with Gasteiger partial charge in [0.05, 0.1) is 13.2 Å². The van der Waals surface area contributed by atoms with Crippen molar-refractivity contribution in [1.29, 1.82) is 0 Å². The molecule has 1 amide bonds. The molecule has 2 saturated heterocycles. The second kappa shape index (κ2) is 4.37. The van der Waals surface area contributed by atoms with Gasteiger partial charge in [-0.15, -0.1) is 0 Å². The van der Waals surface area contributed by atoms with Gasteiger partial charge in [-0.2, -0.15) is 0 Å². The first-order chi connectivity index (χ1) is 7.19. The van der Waals surface area contributed by atoms with Gasteiger partial charge in [-0.25, -0.2) is 4.79 Å². The Labute approximate surface area is 89.6 Å². The Morgan fingerprint density at radius 1 is 1.53 bits per heavy atom. The highest BCUT2D eigenvalue weighted by Crippen LogP contribution is 2.19. The second-order valence-electron chi connectivity index (χ2n) is 4.51. The van der Waals surface area contributed by atoms with E-state index in [-0.39, 0.29) is 18.8 Å². The predicted octanol–water partition coefficient (Wildman–Crippen LogP) is -0.249. The summed E-state index contributed by atoms with van der Waals surface area (Å²) in [4.78, 5) is 15.4. The van der Waals surface area contributed by atoms with Crippen LogP contribution in [0.25, 0.3) is 0 Å². The van der Waals surface area contributed by atoms with E-state index in [2.05, 4.69) is 11.9 Å². The van der Waals surface area contributed by atoms with Crippen molar-refractivity contribution in [2.45, 2.75) is 12.5 Å². The van der Waals surface area contributed by atoms with Crippen molar-refractivity contribution in [1.82, 2.24) is 9.80 Å². The van der Waals surface area contributed by atoms with E-state index in [1.807, 2.05) is 0 Å². The summed E-state index contributed by atoms with van der Waals surface area (Å²) in [5.74, 6) is 0.556. The lowest BCUT2D eigenvalue weighted by Gasteiger charge is -2.17. The van der Waals surface area contributed by atoms with Crippen molar-refractivity contribution in [3.05, 3.63) is 0 Å². The molecule has 0 aromatic carbocycles. The molecule has 2 rings (SSSR count). The fourth-order valence-electron chi connectivity index (χ4n) is 2.31. The minimum atomic E-state index is -0.323. The van der Waals surface area contributed by atoms with E-state index in [0.717, 1.165) is 26.1 Å². The first kappa shape index (κ1) is 10.7. The Morgan fingerprint density at radius 3 is 2.87 bits per heavy atom. The van der Waals surface area contributed by atoms with Crippen LogP contribution in [0.2, 0.25) is 0 Å². The van der Waals surface area contributed by atoms with Crippen LogP contribution in [-0.2, 0) is 4.74 Å². The molecule has 86 valence electrons. The Bertz CT molecular complexity index is 247. The summed E-state index contributed by atoms with van der Waals surface area (Å²) in [6, 6.07) is 0. The lowest BCUT2D eigenvalue weighted by molar-refractivity contribution is 0.0945. The highest BCUT2D eigenvalue weighted by atomic mass is 16.6. The van der Waals surface area contributed by atoms with E-state index in [1.54, 1.807) is 4.90 Å². The van der Waals surface area contributed by atoms with E-state index in [9.17, 15) is 4.79 Å². The molecule has 2 fully saturated rings. The molecule has 2 heterocycles. The molecule has 2 aliphatic heterocycles. The Morgan fingerprint density at radius 2 is 2.33 bits per heavy atom. The summed E-state index contributed by atoms with van der Waals surface area (Å²) < 4.78 is 4.98. The zero-order valence-electron chi connectivity index (χ0n) is 9.06. The third kappa shape index (κ3) is 2.41. The van der Waals surface area contributed by atoms with Crippen molar-refractivity contribution >= 4 is 6.09 Å². The Hall–Kier alpha value is -0.810. The Kier molecular flexibility index (Phi) is 3.11. The zero-order valence-corrected chi connectivity index (χ0v) is 9.06. The summed E-state index contributed by atoms with van der Waals surface area (Å²) in [6.07, 6.45) is 0.546. The average molecular weight is 214 g/mol. The number of carbonyl (C=O) groups is 1. The Balaban J connectivity index is 1.82. The minimum absolute atomic E-state index is 0.0766. The first-order valence-corrected chi connectivity index (χ1v) is 5.44. The molecule has 1 unspecified atom stereocenters. The monoisotopic (exact) mass is 214 g/mol. The molecule has 0 aromatic rings. The van der Waals surface area contributed by atoms with E-state index in [4.69, 9.17) is 9.84 Å². The molecular formula is C10H18N2O3. The van der Waals surface area contributed by atoms with Gasteiger partial charge in [-0.3, -0.25) is 0 Å². The maximum Gasteiger partial charge on any atom is 0.410 e. The minimum Gasteiger partial charge on any atom is -0.442 e. The number of amides is 1. The smallest absolute Gasteiger partial charge is 0.410 e. The van der Waals surface area contributed by atoms with Gasteiger partial charge in [0, 0.05) is 13.1 Å². The van der Waals surface area contributed by atoms with Gasteiger partial charge < -0.3 is 19.6 Å². The van der Waals surface area contributed by atoms with Gasteiger partial charge >= 0.3 is 6.09 Å². The van der Waals surface area contributed by atoms with Crippen LogP contribution in [0, 0.1) is 5.92 Å². The van der Waals surface area contributed by atoms with Crippen LogP contribution in [0.4, 0.5) is 4.79 Å². The average Bonchev–Trinajstić information content (AvgIpc) is 2.75.